The number of likely N-dealkylation sites (tertiary alicyclic amines) is 1. The lowest BCUT2D eigenvalue weighted by atomic mass is 10.1. The van der Waals surface area contributed by atoms with E-state index in [4.69, 9.17) is 10.5 Å². The van der Waals surface area contributed by atoms with Gasteiger partial charge in [-0.1, -0.05) is 0 Å². The summed E-state index contributed by atoms with van der Waals surface area (Å²) in [6, 6.07) is 8.17. The largest absolute Gasteiger partial charge is 1.00 e. The number of hydrogen-bond donors (Lipinski definition) is 1. The minimum absolute atomic E-state index is 0. The maximum atomic E-state index is 6.16. The van der Waals surface area contributed by atoms with Crippen molar-refractivity contribution >= 4 is 11.4 Å². The van der Waals surface area contributed by atoms with E-state index >= 15 is 0 Å². The Balaban J connectivity index is 0.00000192. The number of rotatable bonds is 5. The van der Waals surface area contributed by atoms with Crippen molar-refractivity contribution in [3.63, 3.8) is 0 Å². The van der Waals surface area contributed by atoms with Gasteiger partial charge >= 0.3 is 0 Å². The van der Waals surface area contributed by atoms with Crippen molar-refractivity contribution in [3.8, 4) is 0 Å². The van der Waals surface area contributed by atoms with Gasteiger partial charge in [0.05, 0.1) is 32.8 Å². The second-order valence-electron chi connectivity index (χ2n) is 7.17. The molecule has 1 unspecified atom stereocenters. The Kier molecular flexibility index (Phi) is 6.57. The number of nitrogens with zero attached hydrogens (tertiary/aromatic N) is 2. The van der Waals surface area contributed by atoms with Crippen LogP contribution in [0.5, 0.6) is 0 Å². The third-order valence-corrected chi connectivity index (χ3v) is 5.28. The van der Waals surface area contributed by atoms with Gasteiger partial charge in [0.2, 0.25) is 0 Å². The molecular formula is C18H30ClN3O. The summed E-state index contributed by atoms with van der Waals surface area (Å²) < 4.78 is 7.37. The van der Waals surface area contributed by atoms with Crippen molar-refractivity contribution < 1.29 is 21.6 Å². The van der Waals surface area contributed by atoms with Gasteiger partial charge < -0.3 is 32.3 Å². The highest BCUT2D eigenvalue weighted by Gasteiger charge is 2.27. The van der Waals surface area contributed by atoms with Crippen LogP contribution in [0.2, 0.25) is 0 Å². The summed E-state index contributed by atoms with van der Waals surface area (Å²) >= 11 is 0. The molecule has 1 aromatic carbocycles. The van der Waals surface area contributed by atoms with Gasteiger partial charge in [0, 0.05) is 24.5 Å². The number of benzene rings is 1. The monoisotopic (exact) mass is 339 g/mol. The number of anilines is 2. The van der Waals surface area contributed by atoms with Gasteiger partial charge in [0.25, 0.3) is 0 Å². The van der Waals surface area contributed by atoms with E-state index in [9.17, 15) is 0 Å². The molecule has 2 heterocycles. The average molecular weight is 340 g/mol. The van der Waals surface area contributed by atoms with E-state index in [2.05, 4.69) is 24.1 Å². The maximum Gasteiger partial charge on any atom is 0.102 e. The highest BCUT2D eigenvalue weighted by molar-refractivity contribution is 5.53. The standard InChI is InChI=1S/C18H30N3O.ClH/c1-21(11-3-2-4-12-21)13-14-22-18-9-10-20(15-18)17-7-5-16(19)6-8-17;/h5-8,18H,2-4,9-15,19H2,1H3;1H/q+1;/p-1. The molecule has 0 bridgehead atoms. The van der Waals surface area contributed by atoms with Crippen LogP contribution in [0, 0.1) is 0 Å². The summed E-state index contributed by atoms with van der Waals surface area (Å²) in [5.74, 6) is 0. The second kappa shape index (κ2) is 8.22. The first-order valence-corrected chi connectivity index (χ1v) is 8.70. The molecule has 2 aliphatic rings. The van der Waals surface area contributed by atoms with Crippen molar-refractivity contribution in [2.45, 2.75) is 31.8 Å². The molecule has 0 spiro atoms. The summed E-state index contributed by atoms with van der Waals surface area (Å²) in [5, 5.41) is 0. The first kappa shape index (κ1) is 18.4. The zero-order chi connectivity index (χ0) is 15.4. The van der Waals surface area contributed by atoms with E-state index in [-0.39, 0.29) is 12.4 Å². The quantitative estimate of drug-likeness (QED) is 0.580. The SMILES string of the molecule is C[N+]1(CCOC2CCN(c3ccc(N)cc3)C2)CCCCC1.[Cl-]. The lowest BCUT2D eigenvalue weighted by molar-refractivity contribution is -0.914. The van der Waals surface area contributed by atoms with E-state index in [0.29, 0.717) is 6.10 Å². The first-order chi connectivity index (χ1) is 10.6. The molecule has 0 saturated carbocycles. The minimum Gasteiger partial charge on any atom is -1.00 e. The van der Waals surface area contributed by atoms with Gasteiger partial charge in [0.15, 0.2) is 0 Å². The van der Waals surface area contributed by atoms with Crippen LogP contribution < -0.4 is 23.0 Å². The van der Waals surface area contributed by atoms with Gasteiger partial charge in [-0.3, -0.25) is 0 Å². The molecule has 0 aromatic heterocycles. The molecule has 1 atom stereocenters. The molecular weight excluding hydrogens is 310 g/mol. The van der Waals surface area contributed by atoms with Crippen LogP contribution in [0.25, 0.3) is 0 Å². The number of nitrogens with two attached hydrogens (primary N) is 1. The van der Waals surface area contributed by atoms with E-state index in [0.717, 1.165) is 31.8 Å². The molecule has 3 rings (SSSR count). The number of quaternary nitrogens is 1. The molecule has 5 heteroatoms. The number of ether oxygens (including phenoxy) is 1. The van der Waals surface area contributed by atoms with Gasteiger partial charge in [-0.05, 0) is 49.9 Å². The summed E-state index contributed by atoms with van der Waals surface area (Å²) in [6.45, 7) is 6.81. The molecule has 0 aliphatic carbocycles. The van der Waals surface area contributed by atoms with Crippen LogP contribution in [-0.2, 0) is 4.74 Å². The Morgan fingerprint density at radius 1 is 1.17 bits per heavy atom. The number of likely N-dealkylation sites (N-methyl/N-ethyl adjacent to an activating group) is 1. The van der Waals surface area contributed by atoms with Crippen molar-refractivity contribution in [3.05, 3.63) is 24.3 Å². The number of halogens is 1. The second-order valence-corrected chi connectivity index (χ2v) is 7.17. The first-order valence-electron chi connectivity index (χ1n) is 8.70. The van der Waals surface area contributed by atoms with E-state index < -0.39 is 0 Å². The van der Waals surface area contributed by atoms with Crippen LogP contribution in [0.1, 0.15) is 25.7 Å². The topological polar surface area (TPSA) is 38.5 Å². The van der Waals surface area contributed by atoms with E-state index in [1.54, 1.807) is 0 Å². The normalized spacial score (nSPS) is 23.5. The third-order valence-electron chi connectivity index (χ3n) is 5.28. The third kappa shape index (κ3) is 5.00. The van der Waals surface area contributed by atoms with Crippen LogP contribution in [0.4, 0.5) is 11.4 Å². The van der Waals surface area contributed by atoms with Crippen LogP contribution in [0.15, 0.2) is 24.3 Å². The van der Waals surface area contributed by atoms with E-state index in [1.165, 1.54) is 49.1 Å². The Bertz CT molecular complexity index is 474. The van der Waals surface area contributed by atoms with Crippen LogP contribution in [-0.4, -0.2) is 57.0 Å². The molecule has 2 fully saturated rings. The van der Waals surface area contributed by atoms with Gasteiger partial charge in [0.1, 0.15) is 6.54 Å². The minimum atomic E-state index is 0. The molecule has 23 heavy (non-hydrogen) atoms. The zero-order valence-corrected chi connectivity index (χ0v) is 15.0. The molecule has 2 aliphatic heterocycles. The summed E-state index contributed by atoms with van der Waals surface area (Å²) in [7, 11) is 2.39. The molecule has 2 N–H and O–H groups in total. The number of hydrogen-bond acceptors (Lipinski definition) is 3. The Morgan fingerprint density at radius 3 is 2.57 bits per heavy atom. The molecule has 0 amide bonds. The average Bonchev–Trinajstić information content (AvgIpc) is 2.97. The Labute approximate surface area is 146 Å². The van der Waals surface area contributed by atoms with E-state index in [1.807, 2.05) is 12.1 Å². The molecule has 0 radical (unpaired) electrons. The predicted octanol–water partition coefficient (Wildman–Crippen LogP) is -0.501. The number of piperidine rings is 1. The highest BCUT2D eigenvalue weighted by atomic mass is 35.5. The Morgan fingerprint density at radius 2 is 1.87 bits per heavy atom. The molecule has 130 valence electrons. The van der Waals surface area contributed by atoms with Crippen LogP contribution >= 0.6 is 0 Å². The van der Waals surface area contributed by atoms with Crippen molar-refractivity contribution in [2.75, 3.05) is 57.0 Å². The molecule has 1 aromatic rings. The Hall–Kier alpha value is -0.970. The fraction of sp³-hybridized carbons (Fsp3) is 0.667. The molecule has 4 nitrogen and oxygen atoms in total. The lowest BCUT2D eigenvalue weighted by Crippen LogP contribution is -3.00. The fourth-order valence-corrected chi connectivity index (χ4v) is 3.72. The molecule has 2 saturated heterocycles. The summed E-state index contributed by atoms with van der Waals surface area (Å²) in [6.07, 6.45) is 5.69. The smallest absolute Gasteiger partial charge is 0.102 e. The van der Waals surface area contributed by atoms with Crippen molar-refractivity contribution in [2.24, 2.45) is 0 Å². The van der Waals surface area contributed by atoms with Crippen molar-refractivity contribution in [1.82, 2.24) is 0 Å². The van der Waals surface area contributed by atoms with Gasteiger partial charge in [-0.15, -0.1) is 0 Å². The lowest BCUT2D eigenvalue weighted by Gasteiger charge is -2.37. The zero-order valence-electron chi connectivity index (χ0n) is 14.2. The van der Waals surface area contributed by atoms with Gasteiger partial charge in [-0.2, -0.15) is 0 Å². The summed E-state index contributed by atoms with van der Waals surface area (Å²) in [4.78, 5) is 2.40. The van der Waals surface area contributed by atoms with Crippen LogP contribution in [0.3, 0.4) is 0 Å². The summed E-state index contributed by atoms with van der Waals surface area (Å²) in [5.41, 5.74) is 7.84. The predicted molar refractivity (Wildman–Crippen MR) is 92.1 cm³/mol. The van der Waals surface area contributed by atoms with Crippen molar-refractivity contribution in [1.29, 1.82) is 0 Å². The maximum absolute atomic E-state index is 6.16. The fourth-order valence-electron chi connectivity index (χ4n) is 3.72. The highest BCUT2D eigenvalue weighted by Crippen LogP contribution is 2.23. The number of nitrogen functional groups attached to an aromatic ring is 1. The van der Waals surface area contributed by atoms with Gasteiger partial charge in [-0.25, -0.2) is 0 Å².